The van der Waals surface area contributed by atoms with E-state index in [0.29, 0.717) is 24.2 Å². The molecule has 31 heavy (non-hydrogen) atoms. The highest BCUT2D eigenvalue weighted by atomic mass is 16.6. The first-order chi connectivity index (χ1) is 14.3. The van der Waals surface area contributed by atoms with Crippen molar-refractivity contribution < 1.29 is 19.1 Å². The minimum absolute atomic E-state index is 0.280. The Labute approximate surface area is 185 Å². The molecule has 0 spiro atoms. The fraction of sp³-hybridized carbons (Fsp3) is 0.440. The Morgan fingerprint density at radius 3 is 2.06 bits per heavy atom. The van der Waals surface area contributed by atoms with Crippen molar-refractivity contribution >= 4 is 17.7 Å². The SMILES string of the molecule is CC(C)(C)OC(=O)c1ccc(CN(CCc2ccccc2)C(=O)OC(C)(C)C)c(N)c1. The molecule has 0 aliphatic rings. The molecule has 0 saturated carbocycles. The molecular formula is C25H34N2O4. The number of nitrogens with two attached hydrogens (primary N) is 1. The van der Waals surface area contributed by atoms with E-state index in [1.165, 1.54) is 0 Å². The van der Waals surface area contributed by atoms with E-state index < -0.39 is 23.3 Å². The lowest BCUT2D eigenvalue weighted by atomic mass is 10.1. The Morgan fingerprint density at radius 2 is 1.52 bits per heavy atom. The maximum absolute atomic E-state index is 12.8. The highest BCUT2D eigenvalue weighted by Gasteiger charge is 2.24. The van der Waals surface area contributed by atoms with E-state index in [9.17, 15) is 9.59 Å². The fourth-order valence-corrected chi connectivity index (χ4v) is 2.88. The quantitative estimate of drug-likeness (QED) is 0.507. The topological polar surface area (TPSA) is 81.9 Å². The second-order valence-electron chi connectivity index (χ2n) is 9.55. The Balaban J connectivity index is 2.18. The predicted molar refractivity (Wildman–Crippen MR) is 123 cm³/mol. The zero-order valence-electron chi connectivity index (χ0n) is 19.4. The first-order valence-electron chi connectivity index (χ1n) is 10.5. The van der Waals surface area contributed by atoms with Crippen molar-refractivity contribution in [2.24, 2.45) is 0 Å². The molecule has 0 heterocycles. The maximum atomic E-state index is 12.8. The molecule has 0 aliphatic carbocycles. The van der Waals surface area contributed by atoms with Gasteiger partial charge in [0.1, 0.15) is 11.2 Å². The highest BCUT2D eigenvalue weighted by Crippen LogP contribution is 2.21. The summed E-state index contributed by atoms with van der Waals surface area (Å²) in [4.78, 5) is 26.8. The third kappa shape index (κ3) is 8.32. The highest BCUT2D eigenvalue weighted by molar-refractivity contribution is 5.91. The van der Waals surface area contributed by atoms with E-state index >= 15 is 0 Å². The lowest BCUT2D eigenvalue weighted by Crippen LogP contribution is -2.37. The van der Waals surface area contributed by atoms with Crippen LogP contribution in [0, 0.1) is 0 Å². The van der Waals surface area contributed by atoms with Crippen LogP contribution in [0.5, 0.6) is 0 Å². The Hall–Kier alpha value is -3.02. The van der Waals surface area contributed by atoms with Gasteiger partial charge >= 0.3 is 12.1 Å². The van der Waals surface area contributed by atoms with Gasteiger partial charge in [-0.3, -0.25) is 0 Å². The Bertz CT molecular complexity index is 896. The minimum atomic E-state index is -0.603. The fourth-order valence-electron chi connectivity index (χ4n) is 2.88. The maximum Gasteiger partial charge on any atom is 0.410 e. The van der Waals surface area contributed by atoms with Gasteiger partial charge < -0.3 is 20.1 Å². The molecule has 0 saturated heterocycles. The molecule has 0 atom stereocenters. The summed E-state index contributed by atoms with van der Waals surface area (Å²) < 4.78 is 11.0. The number of nitrogens with zero attached hydrogens (tertiary/aromatic N) is 1. The van der Waals surface area contributed by atoms with Crippen LogP contribution >= 0.6 is 0 Å². The van der Waals surface area contributed by atoms with E-state index in [0.717, 1.165) is 11.1 Å². The standard InChI is InChI=1S/C25H34N2O4/c1-24(2,3)30-22(28)19-12-13-20(21(26)16-19)17-27(23(29)31-25(4,5)6)15-14-18-10-8-7-9-11-18/h7-13,16H,14-15,17,26H2,1-6H3. The van der Waals surface area contributed by atoms with Crippen molar-refractivity contribution in [3.8, 4) is 0 Å². The van der Waals surface area contributed by atoms with Gasteiger partial charge in [0.05, 0.1) is 12.1 Å². The van der Waals surface area contributed by atoms with Crippen molar-refractivity contribution in [2.45, 2.75) is 65.7 Å². The third-order valence-corrected chi connectivity index (χ3v) is 4.31. The van der Waals surface area contributed by atoms with E-state index in [1.807, 2.05) is 71.9 Å². The molecule has 2 aromatic carbocycles. The van der Waals surface area contributed by atoms with Crippen molar-refractivity contribution in [3.63, 3.8) is 0 Å². The monoisotopic (exact) mass is 426 g/mol. The van der Waals surface area contributed by atoms with E-state index in [1.54, 1.807) is 23.1 Å². The average molecular weight is 427 g/mol. The summed E-state index contributed by atoms with van der Waals surface area (Å²) in [6.07, 6.45) is 0.287. The van der Waals surface area contributed by atoms with Crippen molar-refractivity contribution in [1.82, 2.24) is 4.90 Å². The van der Waals surface area contributed by atoms with E-state index in [4.69, 9.17) is 15.2 Å². The van der Waals surface area contributed by atoms with Crippen molar-refractivity contribution in [2.75, 3.05) is 12.3 Å². The molecule has 2 rings (SSSR count). The van der Waals surface area contributed by atoms with Gasteiger partial charge in [0.15, 0.2) is 0 Å². The molecule has 0 bridgehead atoms. The van der Waals surface area contributed by atoms with E-state index in [2.05, 4.69) is 0 Å². The van der Waals surface area contributed by atoms with Gasteiger partial charge in [-0.2, -0.15) is 0 Å². The zero-order valence-corrected chi connectivity index (χ0v) is 19.4. The summed E-state index contributed by atoms with van der Waals surface area (Å²) in [6.45, 7) is 11.7. The number of esters is 1. The predicted octanol–water partition coefficient (Wildman–Crippen LogP) is 5.20. The van der Waals surface area contributed by atoms with Crippen molar-refractivity contribution in [1.29, 1.82) is 0 Å². The van der Waals surface area contributed by atoms with Gasteiger partial charge in [-0.1, -0.05) is 36.4 Å². The number of carbonyl (C=O) groups is 2. The normalized spacial score (nSPS) is 11.7. The first-order valence-corrected chi connectivity index (χ1v) is 10.5. The van der Waals surface area contributed by atoms with Crippen LogP contribution in [-0.2, 0) is 22.4 Å². The Kier molecular flexibility index (Phi) is 7.71. The van der Waals surface area contributed by atoms with Gasteiger partial charge in [-0.05, 0) is 71.2 Å². The molecule has 0 aromatic heterocycles. The average Bonchev–Trinajstić information content (AvgIpc) is 2.64. The largest absolute Gasteiger partial charge is 0.456 e. The van der Waals surface area contributed by atoms with Gasteiger partial charge in [0, 0.05) is 12.2 Å². The summed E-state index contributed by atoms with van der Waals surface area (Å²) in [6, 6.07) is 15.0. The number of hydrogen-bond donors (Lipinski definition) is 1. The smallest absolute Gasteiger partial charge is 0.410 e. The van der Waals surface area contributed by atoms with Gasteiger partial charge in [-0.25, -0.2) is 9.59 Å². The van der Waals surface area contributed by atoms with Gasteiger partial charge in [0.2, 0.25) is 0 Å². The van der Waals surface area contributed by atoms with Crippen LogP contribution in [-0.4, -0.2) is 34.7 Å². The zero-order chi connectivity index (χ0) is 23.2. The molecule has 0 radical (unpaired) electrons. The number of benzene rings is 2. The second-order valence-corrected chi connectivity index (χ2v) is 9.55. The number of anilines is 1. The lowest BCUT2D eigenvalue weighted by Gasteiger charge is -2.28. The van der Waals surface area contributed by atoms with Crippen LogP contribution in [0.25, 0.3) is 0 Å². The molecule has 168 valence electrons. The Morgan fingerprint density at radius 1 is 0.903 bits per heavy atom. The molecule has 2 aromatic rings. The van der Waals surface area contributed by atoms with E-state index in [-0.39, 0.29) is 6.54 Å². The summed E-state index contributed by atoms with van der Waals surface area (Å²) in [5, 5.41) is 0. The number of carbonyl (C=O) groups excluding carboxylic acids is 2. The van der Waals surface area contributed by atoms with Crippen LogP contribution in [0.1, 0.15) is 63.0 Å². The van der Waals surface area contributed by atoms with Crippen LogP contribution in [0.2, 0.25) is 0 Å². The molecular weight excluding hydrogens is 392 g/mol. The summed E-state index contributed by atoms with van der Waals surface area (Å²) in [7, 11) is 0. The first kappa shape index (κ1) is 24.3. The summed E-state index contributed by atoms with van der Waals surface area (Å²) >= 11 is 0. The van der Waals surface area contributed by atoms with Gasteiger partial charge in [0.25, 0.3) is 0 Å². The molecule has 0 fully saturated rings. The van der Waals surface area contributed by atoms with Crippen LogP contribution in [0.3, 0.4) is 0 Å². The third-order valence-electron chi connectivity index (χ3n) is 4.31. The second kappa shape index (κ2) is 9.86. The lowest BCUT2D eigenvalue weighted by molar-refractivity contribution is 0.00684. The molecule has 6 nitrogen and oxygen atoms in total. The number of amides is 1. The molecule has 0 aliphatic heterocycles. The van der Waals surface area contributed by atoms with Crippen LogP contribution in [0.4, 0.5) is 10.5 Å². The van der Waals surface area contributed by atoms with Crippen LogP contribution < -0.4 is 5.73 Å². The summed E-state index contributed by atoms with van der Waals surface area (Å²) in [5.41, 5.74) is 7.71. The van der Waals surface area contributed by atoms with Crippen molar-refractivity contribution in [3.05, 3.63) is 65.2 Å². The molecule has 1 amide bonds. The minimum Gasteiger partial charge on any atom is -0.456 e. The molecule has 0 unspecified atom stereocenters. The number of nitrogen functional groups attached to an aromatic ring is 1. The number of rotatable bonds is 6. The molecule has 6 heteroatoms. The van der Waals surface area contributed by atoms with Crippen LogP contribution in [0.15, 0.2) is 48.5 Å². The van der Waals surface area contributed by atoms with Gasteiger partial charge in [-0.15, -0.1) is 0 Å². The molecule has 2 N–H and O–H groups in total. The number of hydrogen-bond acceptors (Lipinski definition) is 5. The number of ether oxygens (including phenoxy) is 2. The summed E-state index contributed by atoms with van der Waals surface area (Å²) in [5.74, 6) is -0.432.